The SMILES string of the molecule is O=C(NCCC(=O)N1CCCC1)c1ccc(I)c(O)c1. The molecule has 20 heavy (non-hydrogen) atoms. The third-order valence-corrected chi connectivity index (χ3v) is 4.20. The number of nitrogens with zero attached hydrogens (tertiary/aromatic N) is 1. The van der Waals surface area contributed by atoms with Crippen LogP contribution in [0.1, 0.15) is 29.6 Å². The molecule has 108 valence electrons. The van der Waals surface area contributed by atoms with Crippen LogP contribution in [0, 0.1) is 3.57 Å². The van der Waals surface area contributed by atoms with Crippen molar-refractivity contribution in [3.63, 3.8) is 0 Å². The lowest BCUT2D eigenvalue weighted by atomic mass is 10.2. The molecule has 1 aliphatic heterocycles. The molecule has 0 aromatic heterocycles. The van der Waals surface area contributed by atoms with E-state index in [-0.39, 0.29) is 17.6 Å². The zero-order valence-electron chi connectivity index (χ0n) is 11.1. The largest absolute Gasteiger partial charge is 0.507 e. The Morgan fingerprint density at radius 1 is 1.30 bits per heavy atom. The summed E-state index contributed by atoms with van der Waals surface area (Å²) >= 11 is 1.99. The van der Waals surface area contributed by atoms with Crippen LogP contribution in [0.15, 0.2) is 18.2 Å². The minimum Gasteiger partial charge on any atom is -0.507 e. The zero-order valence-corrected chi connectivity index (χ0v) is 13.2. The van der Waals surface area contributed by atoms with Crippen LogP contribution < -0.4 is 5.32 Å². The number of carbonyl (C=O) groups is 2. The minimum absolute atomic E-state index is 0.0893. The molecule has 0 atom stereocenters. The van der Waals surface area contributed by atoms with E-state index in [0.29, 0.717) is 22.1 Å². The maximum atomic E-state index is 11.9. The van der Waals surface area contributed by atoms with Crippen LogP contribution in [0.25, 0.3) is 0 Å². The van der Waals surface area contributed by atoms with E-state index in [0.717, 1.165) is 25.9 Å². The van der Waals surface area contributed by atoms with Crippen LogP contribution in [0.5, 0.6) is 5.75 Å². The van der Waals surface area contributed by atoms with Gasteiger partial charge in [-0.1, -0.05) is 0 Å². The van der Waals surface area contributed by atoms with Gasteiger partial charge in [0.15, 0.2) is 0 Å². The molecule has 0 saturated carbocycles. The van der Waals surface area contributed by atoms with E-state index >= 15 is 0 Å². The number of nitrogens with one attached hydrogen (secondary N) is 1. The van der Waals surface area contributed by atoms with Gasteiger partial charge in [-0.3, -0.25) is 9.59 Å². The van der Waals surface area contributed by atoms with Gasteiger partial charge in [-0.05, 0) is 53.6 Å². The number of halogens is 1. The monoisotopic (exact) mass is 388 g/mol. The maximum absolute atomic E-state index is 11.9. The van der Waals surface area contributed by atoms with Crippen LogP contribution in [-0.4, -0.2) is 41.5 Å². The summed E-state index contributed by atoms with van der Waals surface area (Å²) < 4.78 is 0.698. The van der Waals surface area contributed by atoms with Crippen molar-refractivity contribution in [3.05, 3.63) is 27.3 Å². The minimum atomic E-state index is -0.272. The molecule has 1 aliphatic rings. The average molecular weight is 388 g/mol. The first-order valence-electron chi connectivity index (χ1n) is 6.62. The Morgan fingerprint density at radius 3 is 2.65 bits per heavy atom. The number of hydrogen-bond donors (Lipinski definition) is 2. The average Bonchev–Trinajstić information content (AvgIpc) is 2.95. The first kappa shape index (κ1) is 15.1. The summed E-state index contributed by atoms with van der Waals surface area (Å²) in [4.78, 5) is 25.5. The Bertz CT molecular complexity index is 513. The number of benzene rings is 1. The van der Waals surface area contributed by atoms with Gasteiger partial charge in [0.05, 0.1) is 3.57 Å². The quantitative estimate of drug-likeness (QED) is 0.773. The number of aromatic hydroxyl groups is 1. The Labute approximate surface area is 131 Å². The van der Waals surface area contributed by atoms with Gasteiger partial charge in [0.2, 0.25) is 5.91 Å². The Morgan fingerprint density at radius 2 is 2.00 bits per heavy atom. The highest BCUT2D eigenvalue weighted by molar-refractivity contribution is 14.1. The predicted octanol–water partition coefficient (Wildman–Crippen LogP) is 1.74. The Balaban J connectivity index is 1.79. The molecule has 1 aromatic rings. The molecule has 0 unspecified atom stereocenters. The third-order valence-electron chi connectivity index (χ3n) is 3.29. The van der Waals surface area contributed by atoms with Crippen molar-refractivity contribution in [2.45, 2.75) is 19.3 Å². The molecule has 1 aromatic carbocycles. The summed E-state index contributed by atoms with van der Waals surface area (Å²) in [6.45, 7) is 1.98. The molecular formula is C14H17IN2O3. The fraction of sp³-hybridized carbons (Fsp3) is 0.429. The fourth-order valence-corrected chi connectivity index (χ4v) is 2.50. The molecule has 6 heteroatoms. The summed E-state index contributed by atoms with van der Waals surface area (Å²) in [6.07, 6.45) is 2.46. The van der Waals surface area contributed by atoms with E-state index in [4.69, 9.17) is 0 Å². The van der Waals surface area contributed by atoms with Gasteiger partial charge in [0.25, 0.3) is 5.91 Å². The molecule has 5 nitrogen and oxygen atoms in total. The zero-order chi connectivity index (χ0) is 14.5. The van der Waals surface area contributed by atoms with Crippen LogP contribution in [-0.2, 0) is 4.79 Å². The van der Waals surface area contributed by atoms with Crippen LogP contribution >= 0.6 is 22.6 Å². The van der Waals surface area contributed by atoms with Gasteiger partial charge in [-0.2, -0.15) is 0 Å². The summed E-state index contributed by atoms with van der Waals surface area (Å²) in [5.41, 5.74) is 0.400. The number of rotatable bonds is 4. The second-order valence-electron chi connectivity index (χ2n) is 4.76. The van der Waals surface area contributed by atoms with E-state index in [1.165, 1.54) is 6.07 Å². The van der Waals surface area contributed by atoms with Gasteiger partial charge >= 0.3 is 0 Å². The molecule has 2 rings (SSSR count). The predicted molar refractivity (Wildman–Crippen MR) is 83.6 cm³/mol. The highest BCUT2D eigenvalue weighted by atomic mass is 127. The van der Waals surface area contributed by atoms with E-state index in [9.17, 15) is 14.7 Å². The lowest BCUT2D eigenvalue weighted by Gasteiger charge is -2.15. The molecular weight excluding hydrogens is 371 g/mol. The smallest absolute Gasteiger partial charge is 0.251 e. The summed E-state index contributed by atoms with van der Waals surface area (Å²) in [6, 6.07) is 4.76. The van der Waals surface area contributed by atoms with Crippen molar-refractivity contribution < 1.29 is 14.7 Å². The lowest BCUT2D eigenvalue weighted by Crippen LogP contribution is -2.32. The first-order valence-corrected chi connectivity index (χ1v) is 7.70. The maximum Gasteiger partial charge on any atom is 0.251 e. The van der Waals surface area contributed by atoms with E-state index in [2.05, 4.69) is 5.32 Å². The van der Waals surface area contributed by atoms with E-state index < -0.39 is 0 Å². The van der Waals surface area contributed by atoms with Gasteiger partial charge in [0, 0.05) is 31.6 Å². The standard InChI is InChI=1S/C14H17IN2O3/c15-11-4-3-10(9-12(11)18)14(20)16-6-5-13(19)17-7-1-2-8-17/h3-4,9,18H,1-2,5-8H2,(H,16,20). The third kappa shape index (κ3) is 3.84. The highest BCUT2D eigenvalue weighted by Crippen LogP contribution is 2.20. The molecule has 0 radical (unpaired) electrons. The highest BCUT2D eigenvalue weighted by Gasteiger charge is 2.17. The summed E-state index contributed by atoms with van der Waals surface area (Å²) in [7, 11) is 0. The van der Waals surface area contributed by atoms with Gasteiger partial charge in [-0.15, -0.1) is 0 Å². The molecule has 0 bridgehead atoms. The normalized spacial score (nSPS) is 14.3. The van der Waals surface area contributed by atoms with Crippen molar-refractivity contribution in [1.82, 2.24) is 10.2 Å². The van der Waals surface area contributed by atoms with E-state index in [1.54, 1.807) is 12.1 Å². The molecule has 2 N–H and O–H groups in total. The van der Waals surface area contributed by atoms with Crippen molar-refractivity contribution >= 4 is 34.4 Å². The lowest BCUT2D eigenvalue weighted by molar-refractivity contribution is -0.129. The molecule has 1 saturated heterocycles. The summed E-state index contributed by atoms with van der Waals surface area (Å²) in [5, 5.41) is 12.3. The van der Waals surface area contributed by atoms with Crippen molar-refractivity contribution in [2.75, 3.05) is 19.6 Å². The number of phenols is 1. The second kappa shape index (κ2) is 6.92. The summed E-state index contributed by atoms with van der Waals surface area (Å²) in [5.74, 6) is -0.0921. The molecule has 1 fully saturated rings. The first-order chi connectivity index (χ1) is 9.58. The van der Waals surface area contributed by atoms with E-state index in [1.807, 2.05) is 27.5 Å². The second-order valence-corrected chi connectivity index (χ2v) is 5.92. The van der Waals surface area contributed by atoms with Crippen molar-refractivity contribution in [1.29, 1.82) is 0 Å². The number of amides is 2. The molecule has 2 amide bonds. The van der Waals surface area contributed by atoms with Crippen molar-refractivity contribution in [2.24, 2.45) is 0 Å². The van der Waals surface area contributed by atoms with Gasteiger partial charge in [-0.25, -0.2) is 0 Å². The van der Waals surface area contributed by atoms with Crippen LogP contribution in [0.2, 0.25) is 0 Å². The van der Waals surface area contributed by atoms with Crippen LogP contribution in [0.4, 0.5) is 0 Å². The topological polar surface area (TPSA) is 69.6 Å². The fourth-order valence-electron chi connectivity index (χ4n) is 2.16. The van der Waals surface area contributed by atoms with Gasteiger partial charge in [0.1, 0.15) is 5.75 Å². The molecule has 0 spiro atoms. The molecule has 1 heterocycles. The van der Waals surface area contributed by atoms with Crippen molar-refractivity contribution in [3.8, 4) is 5.75 Å². The number of phenolic OH excluding ortho intramolecular Hbond substituents is 1. The number of carbonyl (C=O) groups excluding carboxylic acids is 2. The number of likely N-dealkylation sites (tertiary alicyclic amines) is 1. The van der Waals surface area contributed by atoms with Crippen LogP contribution in [0.3, 0.4) is 0 Å². The Hall–Kier alpha value is -1.31. The Kier molecular flexibility index (Phi) is 5.22. The molecule has 0 aliphatic carbocycles. The number of hydrogen-bond acceptors (Lipinski definition) is 3. The van der Waals surface area contributed by atoms with Gasteiger partial charge < -0.3 is 15.3 Å².